The van der Waals surface area contributed by atoms with Gasteiger partial charge in [0.15, 0.2) is 0 Å². The second-order valence-electron chi connectivity index (χ2n) is 4.90. The summed E-state index contributed by atoms with van der Waals surface area (Å²) in [5, 5.41) is 11.9. The van der Waals surface area contributed by atoms with Gasteiger partial charge in [0, 0.05) is 5.56 Å². The molecule has 0 saturated heterocycles. The van der Waals surface area contributed by atoms with Crippen LogP contribution in [0.3, 0.4) is 0 Å². The van der Waals surface area contributed by atoms with Crippen molar-refractivity contribution >= 4 is 5.91 Å². The van der Waals surface area contributed by atoms with Crippen molar-refractivity contribution < 1.29 is 9.53 Å². The second-order valence-corrected chi connectivity index (χ2v) is 4.90. The quantitative estimate of drug-likeness (QED) is 0.918. The van der Waals surface area contributed by atoms with E-state index in [1.807, 2.05) is 37.3 Å². The minimum absolute atomic E-state index is 0.0795. The summed E-state index contributed by atoms with van der Waals surface area (Å²) in [6.07, 6.45) is 0.774. The predicted octanol–water partition coefficient (Wildman–Crippen LogP) is 3.45. The third-order valence-electron chi connectivity index (χ3n) is 3.49. The average molecular weight is 294 g/mol. The molecule has 1 amide bonds. The first kappa shape index (κ1) is 15.6. The summed E-state index contributed by atoms with van der Waals surface area (Å²) in [4.78, 5) is 12.3. The highest BCUT2D eigenvalue weighted by Gasteiger charge is 2.14. The highest BCUT2D eigenvalue weighted by atomic mass is 16.5. The summed E-state index contributed by atoms with van der Waals surface area (Å²) >= 11 is 0. The van der Waals surface area contributed by atoms with Crippen molar-refractivity contribution in [1.82, 2.24) is 5.32 Å². The Labute approximate surface area is 130 Å². The topological polar surface area (TPSA) is 62.1 Å². The molecule has 22 heavy (non-hydrogen) atoms. The van der Waals surface area contributed by atoms with E-state index in [0.717, 1.165) is 17.7 Å². The summed E-state index contributed by atoms with van der Waals surface area (Å²) in [6.45, 7) is 2.01. The van der Waals surface area contributed by atoms with E-state index in [4.69, 9.17) is 10.00 Å². The van der Waals surface area contributed by atoms with Gasteiger partial charge in [0.05, 0.1) is 24.8 Å². The van der Waals surface area contributed by atoms with Crippen molar-refractivity contribution in [2.45, 2.75) is 19.4 Å². The maximum Gasteiger partial charge on any atom is 0.251 e. The van der Waals surface area contributed by atoms with Crippen LogP contribution in [0.4, 0.5) is 0 Å². The van der Waals surface area contributed by atoms with Gasteiger partial charge in [-0.3, -0.25) is 4.79 Å². The molecule has 0 aromatic heterocycles. The number of carbonyl (C=O) groups is 1. The van der Waals surface area contributed by atoms with Crippen LogP contribution in [0, 0.1) is 11.3 Å². The van der Waals surface area contributed by atoms with E-state index < -0.39 is 0 Å². The zero-order valence-corrected chi connectivity index (χ0v) is 12.7. The Bertz CT molecular complexity index is 687. The molecular formula is C18H18N2O2. The third-order valence-corrected chi connectivity index (χ3v) is 3.49. The highest BCUT2D eigenvalue weighted by Crippen LogP contribution is 2.20. The summed E-state index contributed by atoms with van der Waals surface area (Å²) in [6, 6.07) is 16.3. The van der Waals surface area contributed by atoms with Crippen LogP contribution in [0.15, 0.2) is 48.5 Å². The first-order valence-corrected chi connectivity index (χ1v) is 7.13. The van der Waals surface area contributed by atoms with Crippen LogP contribution in [0.25, 0.3) is 0 Å². The summed E-state index contributed by atoms with van der Waals surface area (Å²) in [7, 11) is 1.62. The lowest BCUT2D eigenvalue weighted by Crippen LogP contribution is -2.28. The van der Waals surface area contributed by atoms with Crippen LogP contribution in [0.1, 0.15) is 40.9 Å². The Balaban J connectivity index is 2.14. The first-order valence-electron chi connectivity index (χ1n) is 7.13. The molecule has 112 valence electrons. The van der Waals surface area contributed by atoms with Gasteiger partial charge in [0.2, 0.25) is 0 Å². The Hall–Kier alpha value is -2.80. The number of carbonyl (C=O) groups excluding carboxylic acids is 1. The monoisotopic (exact) mass is 294 g/mol. The lowest BCUT2D eigenvalue weighted by atomic mass is 10.0. The fourth-order valence-electron chi connectivity index (χ4n) is 2.23. The maximum atomic E-state index is 12.3. The number of amides is 1. The van der Waals surface area contributed by atoms with Gasteiger partial charge in [-0.05, 0) is 42.3 Å². The molecule has 0 unspecified atom stereocenters. The zero-order chi connectivity index (χ0) is 15.9. The van der Waals surface area contributed by atoms with Gasteiger partial charge >= 0.3 is 0 Å². The predicted molar refractivity (Wildman–Crippen MR) is 84.6 cm³/mol. The second kappa shape index (κ2) is 7.28. The summed E-state index contributed by atoms with van der Waals surface area (Å²) in [5.41, 5.74) is 1.99. The molecule has 4 heteroatoms. The molecule has 2 aromatic rings. The van der Waals surface area contributed by atoms with E-state index in [2.05, 4.69) is 5.32 Å². The van der Waals surface area contributed by atoms with Crippen LogP contribution in [-0.4, -0.2) is 13.0 Å². The van der Waals surface area contributed by atoms with Gasteiger partial charge in [-0.1, -0.05) is 25.1 Å². The van der Waals surface area contributed by atoms with Crippen molar-refractivity contribution in [2.75, 3.05) is 7.11 Å². The molecule has 2 rings (SSSR count). The fraction of sp³-hybridized carbons (Fsp3) is 0.222. The fourth-order valence-corrected chi connectivity index (χ4v) is 2.23. The number of nitriles is 1. The minimum atomic E-state index is -0.181. The number of nitrogens with one attached hydrogen (secondary N) is 1. The molecule has 1 N–H and O–H groups in total. The molecule has 0 spiro atoms. The molecule has 0 saturated carbocycles. The average Bonchev–Trinajstić information content (AvgIpc) is 2.59. The molecule has 1 atom stereocenters. The zero-order valence-electron chi connectivity index (χ0n) is 12.7. The first-order chi connectivity index (χ1) is 10.7. The van der Waals surface area contributed by atoms with Crippen LogP contribution in [0.5, 0.6) is 5.75 Å². The van der Waals surface area contributed by atoms with Gasteiger partial charge in [-0.2, -0.15) is 5.26 Å². The summed E-state index contributed by atoms with van der Waals surface area (Å²) in [5.74, 6) is 0.603. The van der Waals surface area contributed by atoms with Gasteiger partial charge in [0.25, 0.3) is 5.91 Å². The normalized spacial score (nSPS) is 11.3. The molecule has 0 aliphatic carbocycles. The van der Waals surface area contributed by atoms with Crippen LogP contribution in [0.2, 0.25) is 0 Å². The SMILES string of the molecule is CC[C@H](NC(=O)c1cccc(C#N)c1)c1ccc(OC)cc1. The van der Waals surface area contributed by atoms with E-state index in [0.29, 0.717) is 11.1 Å². The van der Waals surface area contributed by atoms with Gasteiger partial charge in [-0.25, -0.2) is 0 Å². The van der Waals surface area contributed by atoms with E-state index >= 15 is 0 Å². The van der Waals surface area contributed by atoms with E-state index in [1.165, 1.54) is 0 Å². The number of methoxy groups -OCH3 is 1. The molecule has 2 aromatic carbocycles. The van der Waals surface area contributed by atoms with E-state index in [9.17, 15) is 4.79 Å². The molecule has 4 nitrogen and oxygen atoms in total. The molecule has 0 bridgehead atoms. The molecule has 0 heterocycles. The van der Waals surface area contributed by atoms with Gasteiger partial charge in [0.1, 0.15) is 5.75 Å². The third kappa shape index (κ3) is 3.64. The molecule has 0 aliphatic rings. The smallest absolute Gasteiger partial charge is 0.251 e. The van der Waals surface area contributed by atoms with Crippen LogP contribution < -0.4 is 10.1 Å². The Morgan fingerprint density at radius 1 is 1.27 bits per heavy atom. The minimum Gasteiger partial charge on any atom is -0.497 e. The standard InChI is InChI=1S/C18H18N2O2/c1-3-17(14-7-9-16(22-2)10-8-14)20-18(21)15-6-4-5-13(11-15)12-19/h4-11,17H,3H2,1-2H3,(H,20,21)/t17-/m0/s1. The molecule has 0 fully saturated rings. The number of hydrogen-bond acceptors (Lipinski definition) is 3. The van der Waals surface area contributed by atoms with Crippen molar-refractivity contribution in [3.8, 4) is 11.8 Å². The van der Waals surface area contributed by atoms with Gasteiger partial charge < -0.3 is 10.1 Å². The number of benzene rings is 2. The van der Waals surface area contributed by atoms with Crippen LogP contribution >= 0.6 is 0 Å². The largest absolute Gasteiger partial charge is 0.497 e. The Morgan fingerprint density at radius 2 is 2.00 bits per heavy atom. The van der Waals surface area contributed by atoms with Crippen LogP contribution in [-0.2, 0) is 0 Å². The summed E-state index contributed by atoms with van der Waals surface area (Å²) < 4.78 is 5.14. The lowest BCUT2D eigenvalue weighted by molar-refractivity contribution is 0.0935. The van der Waals surface area contributed by atoms with E-state index in [1.54, 1.807) is 31.4 Å². The van der Waals surface area contributed by atoms with Gasteiger partial charge in [-0.15, -0.1) is 0 Å². The number of nitrogens with zero attached hydrogens (tertiary/aromatic N) is 1. The van der Waals surface area contributed by atoms with Crippen molar-refractivity contribution in [3.63, 3.8) is 0 Å². The molecular weight excluding hydrogens is 276 g/mol. The highest BCUT2D eigenvalue weighted by molar-refractivity contribution is 5.94. The lowest BCUT2D eigenvalue weighted by Gasteiger charge is -2.18. The Morgan fingerprint density at radius 3 is 2.59 bits per heavy atom. The maximum absolute atomic E-state index is 12.3. The van der Waals surface area contributed by atoms with E-state index in [-0.39, 0.29) is 11.9 Å². The molecule has 0 radical (unpaired) electrons. The number of rotatable bonds is 5. The van der Waals surface area contributed by atoms with Crippen molar-refractivity contribution in [1.29, 1.82) is 5.26 Å². The molecule has 0 aliphatic heterocycles. The Kier molecular flexibility index (Phi) is 5.16. The van der Waals surface area contributed by atoms with Crippen molar-refractivity contribution in [2.24, 2.45) is 0 Å². The number of ether oxygens (including phenoxy) is 1. The van der Waals surface area contributed by atoms with Crippen molar-refractivity contribution in [3.05, 3.63) is 65.2 Å². The number of hydrogen-bond donors (Lipinski definition) is 1.